The van der Waals surface area contributed by atoms with Gasteiger partial charge in [-0.25, -0.2) is 4.98 Å². The summed E-state index contributed by atoms with van der Waals surface area (Å²) in [7, 11) is 0. The first-order valence-corrected chi connectivity index (χ1v) is 6.72. The summed E-state index contributed by atoms with van der Waals surface area (Å²) in [5.41, 5.74) is 10.8. The van der Waals surface area contributed by atoms with Crippen molar-refractivity contribution in [3.63, 3.8) is 0 Å². The first kappa shape index (κ1) is 18.1. The fraction of sp³-hybridized carbons (Fsp3) is 0.417. The molecule has 4 amide bonds. The van der Waals surface area contributed by atoms with E-state index in [1.165, 1.54) is 6.33 Å². The maximum Gasteiger partial charge on any atom is 0.240 e. The van der Waals surface area contributed by atoms with Gasteiger partial charge in [0.25, 0.3) is 0 Å². The number of aromatic amines is 1. The van der Waals surface area contributed by atoms with Crippen molar-refractivity contribution in [1.82, 2.24) is 25.9 Å². The van der Waals surface area contributed by atoms with Crippen LogP contribution in [0.5, 0.6) is 0 Å². The molecule has 0 bridgehead atoms. The minimum Gasteiger partial charge on any atom is -0.368 e. The second-order valence-corrected chi connectivity index (χ2v) is 4.54. The molecule has 1 atom stereocenters. The summed E-state index contributed by atoms with van der Waals surface area (Å²) in [6, 6.07) is -0.945. The average Bonchev–Trinajstić information content (AvgIpc) is 3.02. The molecule has 0 saturated heterocycles. The van der Waals surface area contributed by atoms with Gasteiger partial charge in [-0.15, -0.1) is 0 Å². The van der Waals surface area contributed by atoms with Crippen LogP contribution in [0.2, 0.25) is 0 Å². The number of aromatic nitrogens is 2. The summed E-state index contributed by atoms with van der Waals surface area (Å²) in [6.07, 6.45) is 3.14. The number of hydrogen-bond donors (Lipinski definition) is 6. The number of carbonyl (C=O) groups excluding carboxylic acids is 4. The van der Waals surface area contributed by atoms with Crippen molar-refractivity contribution in [3.05, 3.63) is 18.2 Å². The number of carbonyl (C=O) groups is 4. The van der Waals surface area contributed by atoms with Crippen LogP contribution in [0.15, 0.2) is 12.5 Å². The van der Waals surface area contributed by atoms with Crippen LogP contribution in [0.1, 0.15) is 5.69 Å². The lowest BCUT2D eigenvalue weighted by atomic mass is 10.1. The summed E-state index contributed by atoms with van der Waals surface area (Å²) in [6.45, 7) is -0.890. The predicted molar refractivity (Wildman–Crippen MR) is 78.5 cm³/mol. The fourth-order valence-electron chi connectivity index (χ4n) is 1.57. The molecule has 0 unspecified atom stereocenters. The smallest absolute Gasteiger partial charge is 0.240 e. The maximum absolute atomic E-state index is 11.7. The van der Waals surface area contributed by atoms with Gasteiger partial charge in [-0.2, -0.15) is 0 Å². The molecule has 23 heavy (non-hydrogen) atoms. The van der Waals surface area contributed by atoms with Gasteiger partial charge in [0.2, 0.25) is 23.6 Å². The van der Waals surface area contributed by atoms with Crippen molar-refractivity contribution in [2.24, 2.45) is 11.5 Å². The molecule has 11 heteroatoms. The first-order valence-electron chi connectivity index (χ1n) is 6.72. The molecular formula is C12H19N7O4. The molecule has 0 fully saturated rings. The van der Waals surface area contributed by atoms with Crippen molar-refractivity contribution in [3.8, 4) is 0 Å². The van der Waals surface area contributed by atoms with Crippen molar-refractivity contribution >= 4 is 23.6 Å². The number of rotatable bonds is 9. The van der Waals surface area contributed by atoms with Gasteiger partial charge >= 0.3 is 0 Å². The molecular weight excluding hydrogens is 306 g/mol. The third-order valence-electron chi connectivity index (χ3n) is 2.72. The molecule has 126 valence electrons. The van der Waals surface area contributed by atoms with Crippen LogP contribution in [0.4, 0.5) is 0 Å². The molecule has 0 saturated carbocycles. The Morgan fingerprint density at radius 3 is 2.35 bits per heavy atom. The van der Waals surface area contributed by atoms with Crippen LogP contribution in [0.3, 0.4) is 0 Å². The van der Waals surface area contributed by atoms with Gasteiger partial charge in [0.1, 0.15) is 6.04 Å². The number of nitrogens with zero attached hydrogens (tertiary/aromatic N) is 1. The van der Waals surface area contributed by atoms with Crippen molar-refractivity contribution < 1.29 is 19.2 Å². The third kappa shape index (κ3) is 7.04. The minimum absolute atomic E-state index is 0.130. The fourth-order valence-corrected chi connectivity index (χ4v) is 1.57. The second-order valence-electron chi connectivity index (χ2n) is 4.54. The van der Waals surface area contributed by atoms with E-state index in [4.69, 9.17) is 11.5 Å². The third-order valence-corrected chi connectivity index (χ3v) is 2.72. The molecule has 8 N–H and O–H groups in total. The zero-order valence-electron chi connectivity index (χ0n) is 12.3. The molecule has 0 aliphatic rings. The average molecular weight is 325 g/mol. The van der Waals surface area contributed by atoms with Crippen molar-refractivity contribution in [1.29, 1.82) is 0 Å². The van der Waals surface area contributed by atoms with E-state index in [0.29, 0.717) is 5.69 Å². The maximum atomic E-state index is 11.7. The largest absolute Gasteiger partial charge is 0.368 e. The molecule has 1 aromatic heterocycles. The van der Waals surface area contributed by atoms with E-state index in [1.54, 1.807) is 6.20 Å². The van der Waals surface area contributed by atoms with E-state index in [9.17, 15) is 19.2 Å². The number of imidazole rings is 1. The van der Waals surface area contributed by atoms with Gasteiger partial charge in [-0.3, -0.25) is 19.2 Å². The van der Waals surface area contributed by atoms with E-state index in [0.717, 1.165) is 0 Å². The Kier molecular flexibility index (Phi) is 7.20. The lowest BCUT2D eigenvalue weighted by Gasteiger charge is -2.14. The SMILES string of the molecule is NCC(=O)NCC(=O)NCC(=O)N[C@@H](Cc1c[nH]cn1)C(N)=O. The van der Waals surface area contributed by atoms with Crippen LogP contribution in [0, 0.1) is 0 Å². The van der Waals surface area contributed by atoms with Crippen LogP contribution in [-0.2, 0) is 25.6 Å². The number of nitrogens with two attached hydrogens (primary N) is 2. The zero-order valence-corrected chi connectivity index (χ0v) is 12.3. The van der Waals surface area contributed by atoms with E-state index in [1.807, 2.05) is 0 Å². The lowest BCUT2D eigenvalue weighted by molar-refractivity contribution is -0.129. The molecule has 1 rings (SSSR count). The number of amides is 4. The van der Waals surface area contributed by atoms with E-state index < -0.39 is 29.7 Å². The Balaban J connectivity index is 2.36. The lowest BCUT2D eigenvalue weighted by Crippen LogP contribution is -2.50. The Morgan fingerprint density at radius 1 is 1.13 bits per heavy atom. The molecule has 0 aromatic carbocycles. The van der Waals surface area contributed by atoms with Gasteiger partial charge in [-0.1, -0.05) is 0 Å². The molecule has 1 aromatic rings. The summed E-state index contributed by atoms with van der Waals surface area (Å²) >= 11 is 0. The molecule has 11 nitrogen and oxygen atoms in total. The monoisotopic (exact) mass is 325 g/mol. The second kappa shape index (κ2) is 9.15. The Hall–Kier alpha value is -2.95. The summed E-state index contributed by atoms with van der Waals surface area (Å²) in [4.78, 5) is 52.0. The molecule has 0 radical (unpaired) electrons. The molecule has 0 spiro atoms. The highest BCUT2D eigenvalue weighted by molar-refractivity contribution is 5.91. The topological polar surface area (TPSA) is 185 Å². The van der Waals surface area contributed by atoms with Crippen molar-refractivity contribution in [2.45, 2.75) is 12.5 Å². The highest BCUT2D eigenvalue weighted by atomic mass is 16.2. The van der Waals surface area contributed by atoms with Crippen LogP contribution in [-0.4, -0.2) is 59.3 Å². The summed E-state index contributed by atoms with van der Waals surface area (Å²) in [5.74, 6) is -2.37. The highest BCUT2D eigenvalue weighted by Crippen LogP contribution is 1.97. The van der Waals surface area contributed by atoms with Gasteiger partial charge < -0.3 is 32.4 Å². The predicted octanol–water partition coefficient (Wildman–Crippen LogP) is -3.89. The van der Waals surface area contributed by atoms with Gasteiger partial charge in [0, 0.05) is 12.6 Å². The zero-order chi connectivity index (χ0) is 17.2. The standard InChI is InChI=1S/C12H19N7O4/c13-2-9(20)16-4-10(21)17-5-11(22)19-8(12(14)23)1-7-3-15-6-18-7/h3,6,8H,1-2,4-5,13H2,(H2,14,23)(H,15,18)(H,16,20)(H,17,21)(H,19,22)/t8-/m0/s1. The Bertz CT molecular complexity index is 558. The minimum atomic E-state index is -0.945. The first-order chi connectivity index (χ1) is 10.9. The number of nitrogens with one attached hydrogen (secondary N) is 4. The highest BCUT2D eigenvalue weighted by Gasteiger charge is 2.19. The summed E-state index contributed by atoms with van der Waals surface area (Å²) in [5, 5.41) is 6.93. The van der Waals surface area contributed by atoms with Gasteiger partial charge in [-0.05, 0) is 0 Å². The van der Waals surface area contributed by atoms with Gasteiger partial charge in [0.15, 0.2) is 0 Å². The number of primary amides is 1. The molecule has 1 heterocycles. The molecule has 0 aliphatic carbocycles. The van der Waals surface area contributed by atoms with E-state index in [2.05, 4.69) is 25.9 Å². The van der Waals surface area contributed by atoms with Gasteiger partial charge in [0.05, 0.1) is 31.7 Å². The Labute approximate surface area is 131 Å². The molecule has 0 aliphatic heterocycles. The van der Waals surface area contributed by atoms with Crippen LogP contribution in [0.25, 0.3) is 0 Å². The van der Waals surface area contributed by atoms with E-state index in [-0.39, 0.29) is 26.1 Å². The van der Waals surface area contributed by atoms with E-state index >= 15 is 0 Å². The quantitative estimate of drug-likeness (QED) is 0.269. The number of hydrogen-bond acceptors (Lipinski definition) is 6. The normalized spacial score (nSPS) is 11.3. The van der Waals surface area contributed by atoms with Crippen molar-refractivity contribution in [2.75, 3.05) is 19.6 Å². The summed E-state index contributed by atoms with van der Waals surface area (Å²) < 4.78 is 0. The van der Waals surface area contributed by atoms with Crippen LogP contribution >= 0.6 is 0 Å². The van der Waals surface area contributed by atoms with Crippen LogP contribution < -0.4 is 27.4 Å². The number of H-pyrrole nitrogens is 1. The Morgan fingerprint density at radius 2 is 1.78 bits per heavy atom.